The minimum atomic E-state index is -1.05. The SMILES string of the molecule is C#CCN(CC(=O)O)C(=O)N1CCN(CC(C)C)CC1. The molecule has 0 aromatic rings. The van der Waals surface area contributed by atoms with Crippen molar-refractivity contribution in [2.75, 3.05) is 45.8 Å². The Hall–Kier alpha value is -1.74. The van der Waals surface area contributed by atoms with E-state index in [1.54, 1.807) is 4.90 Å². The van der Waals surface area contributed by atoms with E-state index in [1.165, 1.54) is 4.90 Å². The molecule has 0 unspecified atom stereocenters. The Morgan fingerprint density at radius 1 is 1.30 bits per heavy atom. The Labute approximate surface area is 120 Å². The molecule has 6 heteroatoms. The van der Waals surface area contributed by atoms with E-state index < -0.39 is 5.97 Å². The fraction of sp³-hybridized carbons (Fsp3) is 0.714. The molecular weight excluding hydrogens is 258 g/mol. The molecule has 0 atom stereocenters. The molecule has 1 aliphatic rings. The monoisotopic (exact) mass is 281 g/mol. The lowest BCUT2D eigenvalue weighted by molar-refractivity contribution is -0.137. The van der Waals surface area contributed by atoms with E-state index in [-0.39, 0.29) is 19.1 Å². The molecule has 0 aromatic carbocycles. The van der Waals surface area contributed by atoms with Crippen LogP contribution < -0.4 is 0 Å². The van der Waals surface area contributed by atoms with Gasteiger partial charge in [-0.3, -0.25) is 9.69 Å². The fourth-order valence-corrected chi connectivity index (χ4v) is 2.30. The second-order valence-corrected chi connectivity index (χ2v) is 5.42. The minimum Gasteiger partial charge on any atom is -0.480 e. The molecule has 0 radical (unpaired) electrons. The number of amides is 2. The van der Waals surface area contributed by atoms with Gasteiger partial charge in [-0.15, -0.1) is 6.42 Å². The Balaban J connectivity index is 2.51. The van der Waals surface area contributed by atoms with Gasteiger partial charge in [0.15, 0.2) is 0 Å². The molecule has 0 spiro atoms. The molecule has 0 saturated carbocycles. The summed E-state index contributed by atoms with van der Waals surface area (Å²) in [5.41, 5.74) is 0. The number of carboxylic acid groups (broad SMARTS) is 1. The summed E-state index contributed by atoms with van der Waals surface area (Å²) < 4.78 is 0. The van der Waals surface area contributed by atoms with Crippen LogP contribution in [0.4, 0.5) is 4.79 Å². The predicted octanol–water partition coefficient (Wildman–Crippen LogP) is 0.400. The third kappa shape index (κ3) is 5.10. The van der Waals surface area contributed by atoms with Gasteiger partial charge in [-0.05, 0) is 5.92 Å². The number of terminal acetylenes is 1. The van der Waals surface area contributed by atoms with Gasteiger partial charge in [-0.25, -0.2) is 4.79 Å². The second kappa shape index (κ2) is 7.75. The number of hydrogen-bond donors (Lipinski definition) is 1. The van der Waals surface area contributed by atoms with E-state index >= 15 is 0 Å². The quantitative estimate of drug-likeness (QED) is 0.741. The Morgan fingerprint density at radius 2 is 1.90 bits per heavy atom. The van der Waals surface area contributed by atoms with Crippen molar-refractivity contribution in [1.29, 1.82) is 0 Å². The van der Waals surface area contributed by atoms with Crippen molar-refractivity contribution in [2.24, 2.45) is 5.92 Å². The van der Waals surface area contributed by atoms with Crippen LogP contribution in [0.2, 0.25) is 0 Å². The first kappa shape index (κ1) is 16.3. The predicted molar refractivity (Wildman–Crippen MR) is 76.3 cm³/mol. The Bertz CT molecular complexity index is 382. The van der Waals surface area contributed by atoms with Gasteiger partial charge in [0.25, 0.3) is 0 Å². The third-order valence-corrected chi connectivity index (χ3v) is 3.14. The smallest absolute Gasteiger partial charge is 0.323 e. The molecule has 1 N–H and O–H groups in total. The van der Waals surface area contributed by atoms with E-state index in [2.05, 4.69) is 24.7 Å². The number of nitrogens with zero attached hydrogens (tertiary/aromatic N) is 3. The highest BCUT2D eigenvalue weighted by Gasteiger charge is 2.26. The summed E-state index contributed by atoms with van der Waals surface area (Å²) in [6.45, 7) is 7.90. The highest BCUT2D eigenvalue weighted by Crippen LogP contribution is 2.08. The molecule has 20 heavy (non-hydrogen) atoms. The first-order valence-electron chi connectivity index (χ1n) is 6.85. The van der Waals surface area contributed by atoms with Crippen LogP contribution in [0.25, 0.3) is 0 Å². The average molecular weight is 281 g/mol. The molecule has 0 aromatic heterocycles. The lowest BCUT2D eigenvalue weighted by atomic mass is 10.2. The summed E-state index contributed by atoms with van der Waals surface area (Å²) in [6.07, 6.45) is 5.19. The van der Waals surface area contributed by atoms with Crippen molar-refractivity contribution in [3.8, 4) is 12.3 Å². The molecule has 112 valence electrons. The molecule has 1 heterocycles. The largest absolute Gasteiger partial charge is 0.480 e. The number of rotatable bonds is 5. The highest BCUT2D eigenvalue weighted by atomic mass is 16.4. The average Bonchev–Trinajstić information content (AvgIpc) is 2.37. The topological polar surface area (TPSA) is 64.1 Å². The van der Waals surface area contributed by atoms with Gasteiger partial charge in [-0.1, -0.05) is 19.8 Å². The number of piperazine rings is 1. The van der Waals surface area contributed by atoms with Crippen molar-refractivity contribution >= 4 is 12.0 Å². The van der Waals surface area contributed by atoms with Gasteiger partial charge in [0.2, 0.25) is 0 Å². The summed E-state index contributed by atoms with van der Waals surface area (Å²) in [6, 6.07) is -0.283. The van der Waals surface area contributed by atoms with E-state index in [4.69, 9.17) is 11.5 Å². The van der Waals surface area contributed by atoms with Gasteiger partial charge in [0.1, 0.15) is 6.54 Å². The third-order valence-electron chi connectivity index (χ3n) is 3.14. The van der Waals surface area contributed by atoms with Crippen LogP contribution in [0.1, 0.15) is 13.8 Å². The molecule has 0 aliphatic carbocycles. The van der Waals surface area contributed by atoms with Crippen molar-refractivity contribution in [3.05, 3.63) is 0 Å². The zero-order valence-electron chi connectivity index (χ0n) is 12.2. The molecule has 1 fully saturated rings. The number of aliphatic carboxylic acids is 1. The number of carbonyl (C=O) groups excluding carboxylic acids is 1. The number of carboxylic acids is 1. The molecule has 1 saturated heterocycles. The number of urea groups is 1. The minimum absolute atomic E-state index is 0.0251. The number of hydrogen-bond acceptors (Lipinski definition) is 3. The zero-order valence-corrected chi connectivity index (χ0v) is 12.2. The van der Waals surface area contributed by atoms with Crippen molar-refractivity contribution in [3.63, 3.8) is 0 Å². The molecule has 1 rings (SSSR count). The molecule has 0 bridgehead atoms. The highest BCUT2D eigenvalue weighted by molar-refractivity contribution is 5.80. The molecule has 2 amide bonds. The van der Waals surface area contributed by atoms with Gasteiger partial charge in [0.05, 0.1) is 6.54 Å². The van der Waals surface area contributed by atoms with Gasteiger partial charge in [-0.2, -0.15) is 0 Å². The van der Waals surface area contributed by atoms with Gasteiger partial charge in [0, 0.05) is 32.7 Å². The van der Waals surface area contributed by atoms with Crippen LogP contribution in [0.3, 0.4) is 0 Å². The lowest BCUT2D eigenvalue weighted by Gasteiger charge is -2.37. The molecule has 6 nitrogen and oxygen atoms in total. The van der Waals surface area contributed by atoms with E-state index in [0.717, 1.165) is 19.6 Å². The maximum Gasteiger partial charge on any atom is 0.323 e. The molecular formula is C14H23N3O3. The maximum absolute atomic E-state index is 12.2. The van der Waals surface area contributed by atoms with Crippen LogP contribution >= 0.6 is 0 Å². The Kier molecular flexibility index (Phi) is 6.32. The summed E-state index contributed by atoms with van der Waals surface area (Å²) in [7, 11) is 0. The van der Waals surface area contributed by atoms with Crippen molar-refractivity contribution in [1.82, 2.24) is 14.7 Å². The summed E-state index contributed by atoms with van der Waals surface area (Å²) in [4.78, 5) is 28.2. The van der Waals surface area contributed by atoms with E-state index in [0.29, 0.717) is 19.0 Å². The maximum atomic E-state index is 12.2. The van der Waals surface area contributed by atoms with Gasteiger partial charge >= 0.3 is 12.0 Å². The van der Waals surface area contributed by atoms with Gasteiger partial charge < -0.3 is 14.9 Å². The summed E-state index contributed by atoms with van der Waals surface area (Å²) >= 11 is 0. The zero-order chi connectivity index (χ0) is 15.1. The van der Waals surface area contributed by atoms with Crippen LogP contribution in [-0.4, -0.2) is 77.6 Å². The Morgan fingerprint density at radius 3 is 2.35 bits per heavy atom. The number of carbonyl (C=O) groups is 2. The lowest BCUT2D eigenvalue weighted by Crippen LogP contribution is -2.54. The van der Waals surface area contributed by atoms with E-state index in [1.807, 2.05) is 0 Å². The van der Waals surface area contributed by atoms with Crippen LogP contribution in [-0.2, 0) is 4.79 Å². The van der Waals surface area contributed by atoms with Crippen molar-refractivity contribution < 1.29 is 14.7 Å². The standard InChI is InChI=1S/C14H23N3O3/c1-4-5-17(11-13(18)19)14(20)16-8-6-15(7-9-16)10-12(2)3/h1,12H,5-11H2,2-3H3,(H,18,19). The van der Waals surface area contributed by atoms with Crippen LogP contribution in [0.5, 0.6) is 0 Å². The van der Waals surface area contributed by atoms with E-state index in [9.17, 15) is 9.59 Å². The first-order valence-corrected chi connectivity index (χ1v) is 6.85. The molecule has 1 aliphatic heterocycles. The summed E-state index contributed by atoms with van der Waals surface area (Å²) in [5, 5.41) is 8.81. The van der Waals surface area contributed by atoms with Crippen molar-refractivity contribution in [2.45, 2.75) is 13.8 Å². The first-order chi connectivity index (χ1) is 9.43. The second-order valence-electron chi connectivity index (χ2n) is 5.42. The van der Waals surface area contributed by atoms with Crippen LogP contribution in [0.15, 0.2) is 0 Å². The summed E-state index contributed by atoms with van der Waals surface area (Å²) in [5.74, 6) is 1.88. The fourth-order valence-electron chi connectivity index (χ4n) is 2.30. The normalized spacial score (nSPS) is 16.0. The van der Waals surface area contributed by atoms with Crippen LogP contribution in [0, 0.1) is 18.3 Å².